The van der Waals surface area contributed by atoms with Gasteiger partial charge in [0.15, 0.2) is 0 Å². The topological polar surface area (TPSA) is 98.7 Å². The summed E-state index contributed by atoms with van der Waals surface area (Å²) >= 11 is 0. The summed E-state index contributed by atoms with van der Waals surface area (Å²) in [5.41, 5.74) is 1.37. The zero-order valence-corrected chi connectivity index (χ0v) is 15.3. The van der Waals surface area contributed by atoms with Crippen LogP contribution in [-0.2, 0) is 7.05 Å². The molecule has 0 bridgehead atoms. The number of alkyl halides is 2. The number of amides is 1. The number of aromatic nitrogens is 5. The van der Waals surface area contributed by atoms with E-state index in [1.807, 2.05) is 6.07 Å². The lowest BCUT2D eigenvalue weighted by Gasteiger charge is -2.09. The number of hydrogen-bond donors (Lipinski definition) is 1. The summed E-state index contributed by atoms with van der Waals surface area (Å²) in [5.74, 6) is 0.556. The predicted octanol–water partition coefficient (Wildman–Crippen LogP) is 3.17. The Balaban J connectivity index is 1.48. The smallest absolute Gasteiger partial charge is 0.282 e. The minimum Gasteiger partial charge on any atom is -0.339 e. The summed E-state index contributed by atoms with van der Waals surface area (Å²) in [7, 11) is 1.43. The average molecular weight is 388 g/mol. The van der Waals surface area contributed by atoms with Crippen molar-refractivity contribution in [1.29, 1.82) is 0 Å². The predicted molar refractivity (Wildman–Crippen MR) is 93.6 cm³/mol. The van der Waals surface area contributed by atoms with Gasteiger partial charge in [0.2, 0.25) is 11.7 Å². The maximum absolute atomic E-state index is 12.8. The number of aryl methyl sites for hydroxylation is 1. The largest absolute Gasteiger partial charge is 0.339 e. The molecule has 4 rings (SSSR count). The van der Waals surface area contributed by atoms with Crippen LogP contribution in [0.4, 0.5) is 8.78 Å². The molecule has 146 valence electrons. The van der Waals surface area contributed by atoms with Crippen LogP contribution in [0.2, 0.25) is 0 Å². The van der Waals surface area contributed by atoms with Crippen LogP contribution < -0.4 is 5.32 Å². The van der Waals surface area contributed by atoms with Gasteiger partial charge in [-0.2, -0.15) is 10.1 Å². The first-order valence-corrected chi connectivity index (χ1v) is 8.85. The Bertz CT molecular complexity index is 1010. The molecular formula is C18H18F2N6O2. The van der Waals surface area contributed by atoms with Crippen LogP contribution in [-0.4, -0.2) is 30.8 Å². The van der Waals surface area contributed by atoms with Gasteiger partial charge >= 0.3 is 0 Å². The minimum atomic E-state index is -2.75. The van der Waals surface area contributed by atoms with E-state index in [2.05, 4.69) is 25.5 Å². The highest BCUT2D eigenvalue weighted by Gasteiger charge is 2.26. The number of pyridine rings is 1. The SMILES string of the molecule is C[C@H](NC(=O)c1cc(C(F)F)nn1C)c1nc(-c2ccnc(C3CC3)c2)no1. The van der Waals surface area contributed by atoms with Crippen LogP contribution >= 0.6 is 0 Å². The van der Waals surface area contributed by atoms with Crippen molar-refractivity contribution in [3.05, 3.63) is 47.4 Å². The van der Waals surface area contributed by atoms with Gasteiger partial charge in [-0.3, -0.25) is 14.5 Å². The van der Waals surface area contributed by atoms with Crippen molar-refractivity contribution in [1.82, 2.24) is 30.2 Å². The number of carbonyl (C=O) groups is 1. The summed E-state index contributed by atoms with van der Waals surface area (Å²) in [6.45, 7) is 1.67. The van der Waals surface area contributed by atoms with E-state index in [4.69, 9.17) is 4.52 Å². The van der Waals surface area contributed by atoms with E-state index in [-0.39, 0.29) is 11.6 Å². The highest BCUT2D eigenvalue weighted by molar-refractivity contribution is 5.92. The fraction of sp³-hybridized carbons (Fsp3) is 0.389. The molecule has 1 aliphatic rings. The number of nitrogens with one attached hydrogen (secondary N) is 1. The van der Waals surface area contributed by atoms with E-state index in [0.717, 1.165) is 34.8 Å². The monoisotopic (exact) mass is 388 g/mol. The molecule has 1 atom stereocenters. The molecule has 0 aromatic carbocycles. The maximum atomic E-state index is 12.8. The highest BCUT2D eigenvalue weighted by Crippen LogP contribution is 2.39. The molecule has 1 fully saturated rings. The lowest BCUT2D eigenvalue weighted by atomic mass is 10.2. The van der Waals surface area contributed by atoms with E-state index >= 15 is 0 Å². The molecule has 8 nitrogen and oxygen atoms in total. The molecule has 3 heterocycles. The van der Waals surface area contributed by atoms with Crippen LogP contribution in [0.5, 0.6) is 0 Å². The quantitative estimate of drug-likeness (QED) is 0.696. The third kappa shape index (κ3) is 3.62. The molecule has 10 heteroatoms. The van der Waals surface area contributed by atoms with E-state index in [1.54, 1.807) is 19.2 Å². The van der Waals surface area contributed by atoms with Crippen LogP contribution in [0.25, 0.3) is 11.4 Å². The highest BCUT2D eigenvalue weighted by atomic mass is 19.3. The molecule has 1 aliphatic carbocycles. The Morgan fingerprint density at radius 2 is 2.14 bits per heavy atom. The summed E-state index contributed by atoms with van der Waals surface area (Å²) in [6, 6.07) is 4.19. The molecule has 0 radical (unpaired) electrons. The van der Waals surface area contributed by atoms with E-state index < -0.39 is 24.1 Å². The van der Waals surface area contributed by atoms with Gasteiger partial charge in [-0.15, -0.1) is 0 Å². The normalized spacial score (nSPS) is 15.0. The van der Waals surface area contributed by atoms with E-state index in [9.17, 15) is 13.6 Å². The second kappa shape index (κ2) is 7.10. The number of rotatable bonds is 6. The summed E-state index contributed by atoms with van der Waals surface area (Å²) < 4.78 is 31.9. The molecule has 0 aliphatic heterocycles. The average Bonchev–Trinajstić information content (AvgIpc) is 3.26. The molecule has 28 heavy (non-hydrogen) atoms. The standard InChI is InChI=1S/C18H18F2N6O2/c1-9(22-17(27)14-8-13(15(19)20)24-26(14)2)18-23-16(25-28-18)11-5-6-21-12(7-11)10-3-4-10/h5-10,15H,3-4H2,1-2H3,(H,22,27)/t9-/m0/s1. The molecule has 0 saturated heterocycles. The summed E-state index contributed by atoms with van der Waals surface area (Å²) in [4.78, 5) is 21.1. The number of halogens is 2. The first-order valence-electron chi connectivity index (χ1n) is 8.85. The molecule has 0 unspecified atom stereocenters. The second-order valence-electron chi connectivity index (χ2n) is 6.77. The van der Waals surface area contributed by atoms with Crippen molar-refractivity contribution in [3.63, 3.8) is 0 Å². The fourth-order valence-electron chi connectivity index (χ4n) is 2.86. The van der Waals surface area contributed by atoms with E-state index in [1.165, 1.54) is 7.05 Å². The van der Waals surface area contributed by atoms with Gasteiger partial charge < -0.3 is 9.84 Å². The Morgan fingerprint density at radius 3 is 2.82 bits per heavy atom. The van der Waals surface area contributed by atoms with Crippen LogP contribution in [0.15, 0.2) is 28.9 Å². The van der Waals surface area contributed by atoms with Crippen molar-refractivity contribution in [3.8, 4) is 11.4 Å². The number of carbonyl (C=O) groups excluding carboxylic acids is 1. The van der Waals surface area contributed by atoms with Crippen molar-refractivity contribution in [2.24, 2.45) is 7.05 Å². The Morgan fingerprint density at radius 1 is 1.36 bits per heavy atom. The van der Waals surface area contributed by atoms with Crippen LogP contribution in [0, 0.1) is 0 Å². The van der Waals surface area contributed by atoms with Crippen molar-refractivity contribution >= 4 is 5.91 Å². The van der Waals surface area contributed by atoms with Gasteiger partial charge in [-0.05, 0) is 38.0 Å². The Hall–Kier alpha value is -3.17. The van der Waals surface area contributed by atoms with Gasteiger partial charge in [0.25, 0.3) is 12.3 Å². The summed E-state index contributed by atoms with van der Waals surface area (Å²) in [5, 5.41) is 10.3. The lowest BCUT2D eigenvalue weighted by molar-refractivity contribution is 0.0923. The van der Waals surface area contributed by atoms with Crippen molar-refractivity contribution in [2.75, 3.05) is 0 Å². The molecular weight excluding hydrogens is 370 g/mol. The van der Waals surface area contributed by atoms with Crippen molar-refractivity contribution < 1.29 is 18.1 Å². The van der Waals surface area contributed by atoms with Gasteiger partial charge in [-0.25, -0.2) is 8.78 Å². The van der Waals surface area contributed by atoms with Gasteiger partial charge in [-0.1, -0.05) is 5.16 Å². The van der Waals surface area contributed by atoms with Crippen LogP contribution in [0.1, 0.15) is 65.9 Å². The van der Waals surface area contributed by atoms with Gasteiger partial charge in [0.05, 0.1) is 0 Å². The number of hydrogen-bond acceptors (Lipinski definition) is 6. The molecule has 3 aromatic heterocycles. The zero-order chi connectivity index (χ0) is 19.8. The van der Waals surface area contributed by atoms with Crippen LogP contribution in [0.3, 0.4) is 0 Å². The first kappa shape index (κ1) is 18.2. The van der Waals surface area contributed by atoms with Gasteiger partial charge in [0, 0.05) is 30.4 Å². The molecule has 0 spiro atoms. The van der Waals surface area contributed by atoms with Crippen molar-refractivity contribution in [2.45, 2.75) is 38.2 Å². The number of nitrogens with zero attached hydrogens (tertiary/aromatic N) is 5. The summed E-state index contributed by atoms with van der Waals surface area (Å²) in [6.07, 6.45) is 1.24. The molecule has 3 aromatic rings. The zero-order valence-electron chi connectivity index (χ0n) is 15.3. The maximum Gasteiger partial charge on any atom is 0.282 e. The lowest BCUT2D eigenvalue weighted by Crippen LogP contribution is -2.28. The fourth-order valence-corrected chi connectivity index (χ4v) is 2.86. The Labute approximate surface area is 159 Å². The second-order valence-corrected chi connectivity index (χ2v) is 6.77. The van der Waals surface area contributed by atoms with E-state index in [0.29, 0.717) is 11.7 Å². The third-order valence-electron chi connectivity index (χ3n) is 4.55. The first-order chi connectivity index (χ1) is 13.4. The molecule has 1 amide bonds. The third-order valence-corrected chi connectivity index (χ3v) is 4.55. The van der Waals surface area contributed by atoms with Gasteiger partial charge in [0.1, 0.15) is 17.4 Å². The Kier molecular flexibility index (Phi) is 4.62. The molecule has 1 saturated carbocycles. The molecule has 1 N–H and O–H groups in total. The minimum absolute atomic E-state index is 0.0186.